The van der Waals surface area contributed by atoms with Gasteiger partial charge in [-0.1, -0.05) is 44.2 Å². The minimum absolute atomic E-state index is 0.0145. The fourth-order valence-electron chi connectivity index (χ4n) is 1.64. The van der Waals surface area contributed by atoms with Gasteiger partial charge in [0.1, 0.15) is 0 Å². The van der Waals surface area contributed by atoms with Crippen LogP contribution in [0, 0.1) is 5.92 Å². The molecule has 0 heterocycles. The van der Waals surface area contributed by atoms with Crippen molar-refractivity contribution in [1.82, 2.24) is 0 Å². The fraction of sp³-hybridized carbons (Fsp3) is 0.500. The molecule has 1 nitrogen and oxygen atoms in total. The SMILES string of the molecule is CC(C)C(O)(CCF)c1ccccc1. The Morgan fingerprint density at radius 1 is 1.29 bits per heavy atom. The largest absolute Gasteiger partial charge is 0.385 e. The maximum Gasteiger partial charge on any atom is 0.0944 e. The summed E-state index contributed by atoms with van der Waals surface area (Å²) < 4.78 is 12.4. The highest BCUT2D eigenvalue weighted by Crippen LogP contribution is 2.32. The van der Waals surface area contributed by atoms with Crippen LogP contribution in [0.4, 0.5) is 4.39 Å². The molecule has 1 aromatic rings. The molecule has 0 saturated carbocycles. The summed E-state index contributed by atoms with van der Waals surface area (Å²) in [6.07, 6.45) is 0.161. The minimum atomic E-state index is -1.03. The maximum atomic E-state index is 12.4. The predicted octanol–water partition coefficient (Wildman–Crippen LogP) is 2.89. The van der Waals surface area contributed by atoms with Gasteiger partial charge in [0.05, 0.1) is 12.3 Å². The molecule has 1 unspecified atom stereocenters. The molecule has 0 radical (unpaired) electrons. The zero-order valence-corrected chi connectivity index (χ0v) is 8.70. The van der Waals surface area contributed by atoms with Crippen LogP contribution in [0.1, 0.15) is 25.8 Å². The van der Waals surface area contributed by atoms with Gasteiger partial charge in [0.2, 0.25) is 0 Å². The Bertz CT molecular complexity index is 271. The van der Waals surface area contributed by atoms with E-state index in [1.807, 2.05) is 44.2 Å². The summed E-state index contributed by atoms with van der Waals surface area (Å²) >= 11 is 0. The van der Waals surface area contributed by atoms with Gasteiger partial charge in [-0.15, -0.1) is 0 Å². The van der Waals surface area contributed by atoms with Crippen LogP contribution < -0.4 is 0 Å². The Hall–Kier alpha value is -0.890. The first kappa shape index (κ1) is 11.2. The molecular weight excluding hydrogens is 179 g/mol. The molecule has 0 amide bonds. The second-order valence-electron chi connectivity index (χ2n) is 3.88. The van der Waals surface area contributed by atoms with E-state index in [4.69, 9.17) is 0 Å². The van der Waals surface area contributed by atoms with E-state index < -0.39 is 12.3 Å². The molecule has 0 spiro atoms. The summed E-state index contributed by atoms with van der Waals surface area (Å²) in [7, 11) is 0. The molecule has 1 aromatic carbocycles. The van der Waals surface area contributed by atoms with E-state index >= 15 is 0 Å². The zero-order chi connectivity index (χ0) is 10.6. The van der Waals surface area contributed by atoms with Crippen molar-refractivity contribution >= 4 is 0 Å². The van der Waals surface area contributed by atoms with Gasteiger partial charge in [0, 0.05) is 6.42 Å². The van der Waals surface area contributed by atoms with Crippen LogP contribution in [0.25, 0.3) is 0 Å². The summed E-state index contributed by atoms with van der Waals surface area (Å²) in [6.45, 7) is 3.31. The lowest BCUT2D eigenvalue weighted by Crippen LogP contribution is -2.32. The molecule has 0 aliphatic rings. The van der Waals surface area contributed by atoms with E-state index in [0.29, 0.717) is 0 Å². The van der Waals surface area contributed by atoms with Crippen molar-refractivity contribution in [3.8, 4) is 0 Å². The van der Waals surface area contributed by atoms with Crippen molar-refractivity contribution in [2.75, 3.05) is 6.67 Å². The van der Waals surface area contributed by atoms with Crippen LogP contribution in [0.15, 0.2) is 30.3 Å². The van der Waals surface area contributed by atoms with Crippen molar-refractivity contribution in [2.24, 2.45) is 5.92 Å². The number of hydrogen-bond donors (Lipinski definition) is 1. The Morgan fingerprint density at radius 3 is 2.29 bits per heavy atom. The van der Waals surface area contributed by atoms with Crippen molar-refractivity contribution in [3.05, 3.63) is 35.9 Å². The van der Waals surface area contributed by atoms with Gasteiger partial charge in [-0.05, 0) is 11.5 Å². The third kappa shape index (κ3) is 2.13. The first-order chi connectivity index (χ1) is 6.61. The number of halogens is 1. The fourth-order valence-corrected chi connectivity index (χ4v) is 1.64. The first-order valence-corrected chi connectivity index (χ1v) is 4.95. The minimum Gasteiger partial charge on any atom is -0.385 e. The molecule has 1 rings (SSSR count). The highest BCUT2D eigenvalue weighted by Gasteiger charge is 2.32. The van der Waals surface area contributed by atoms with E-state index in [-0.39, 0.29) is 12.3 Å². The highest BCUT2D eigenvalue weighted by molar-refractivity contribution is 5.22. The van der Waals surface area contributed by atoms with Gasteiger partial charge in [-0.2, -0.15) is 0 Å². The van der Waals surface area contributed by atoms with Crippen molar-refractivity contribution in [2.45, 2.75) is 25.9 Å². The third-order valence-corrected chi connectivity index (χ3v) is 2.70. The van der Waals surface area contributed by atoms with Crippen molar-refractivity contribution in [3.63, 3.8) is 0 Å². The van der Waals surface area contributed by atoms with Crippen LogP contribution in [0.3, 0.4) is 0 Å². The Labute approximate surface area is 84.6 Å². The zero-order valence-electron chi connectivity index (χ0n) is 8.70. The average Bonchev–Trinajstić information content (AvgIpc) is 2.19. The molecule has 2 heteroatoms. The quantitative estimate of drug-likeness (QED) is 0.785. The molecule has 1 atom stereocenters. The summed E-state index contributed by atoms with van der Waals surface area (Å²) in [5.74, 6) is 0.0145. The van der Waals surface area contributed by atoms with Crippen LogP contribution in [0.2, 0.25) is 0 Å². The number of rotatable bonds is 4. The monoisotopic (exact) mass is 196 g/mol. The lowest BCUT2D eigenvalue weighted by atomic mass is 9.81. The lowest BCUT2D eigenvalue weighted by Gasteiger charge is -2.31. The van der Waals surface area contributed by atoms with Crippen molar-refractivity contribution in [1.29, 1.82) is 0 Å². The van der Waals surface area contributed by atoms with E-state index in [2.05, 4.69) is 0 Å². The van der Waals surface area contributed by atoms with Gasteiger partial charge >= 0.3 is 0 Å². The van der Waals surface area contributed by atoms with Gasteiger partial charge < -0.3 is 5.11 Å². The second kappa shape index (κ2) is 4.56. The Balaban J connectivity index is 2.99. The van der Waals surface area contributed by atoms with Crippen molar-refractivity contribution < 1.29 is 9.50 Å². The topological polar surface area (TPSA) is 20.2 Å². The average molecular weight is 196 g/mol. The molecule has 1 N–H and O–H groups in total. The highest BCUT2D eigenvalue weighted by atomic mass is 19.1. The smallest absolute Gasteiger partial charge is 0.0944 e. The number of alkyl halides is 1. The summed E-state index contributed by atoms with van der Waals surface area (Å²) in [4.78, 5) is 0. The van der Waals surface area contributed by atoms with Crippen LogP contribution >= 0.6 is 0 Å². The summed E-state index contributed by atoms with van der Waals surface area (Å²) in [5.41, 5.74) is -0.233. The molecular formula is C12H17FO. The maximum absolute atomic E-state index is 12.4. The van der Waals surface area contributed by atoms with E-state index in [9.17, 15) is 9.50 Å². The van der Waals surface area contributed by atoms with Crippen LogP contribution in [-0.4, -0.2) is 11.8 Å². The van der Waals surface area contributed by atoms with Gasteiger partial charge in [0.25, 0.3) is 0 Å². The molecule has 0 bridgehead atoms. The number of benzene rings is 1. The normalized spacial score (nSPS) is 15.5. The van der Waals surface area contributed by atoms with Gasteiger partial charge in [0.15, 0.2) is 0 Å². The number of hydrogen-bond acceptors (Lipinski definition) is 1. The first-order valence-electron chi connectivity index (χ1n) is 4.95. The predicted molar refractivity (Wildman–Crippen MR) is 55.8 cm³/mol. The lowest BCUT2D eigenvalue weighted by molar-refractivity contribution is -0.0234. The van der Waals surface area contributed by atoms with Crippen LogP contribution in [-0.2, 0) is 5.60 Å². The third-order valence-electron chi connectivity index (χ3n) is 2.70. The second-order valence-corrected chi connectivity index (χ2v) is 3.88. The van der Waals surface area contributed by atoms with E-state index in [1.165, 1.54) is 0 Å². The molecule has 14 heavy (non-hydrogen) atoms. The number of aliphatic hydroxyl groups is 1. The molecule has 0 aliphatic heterocycles. The molecule has 0 aliphatic carbocycles. The molecule has 78 valence electrons. The standard InChI is InChI=1S/C12H17FO/c1-10(2)12(14,8-9-13)11-6-4-3-5-7-11/h3-7,10,14H,8-9H2,1-2H3. The van der Waals surface area contributed by atoms with Gasteiger partial charge in [-0.25, -0.2) is 0 Å². The van der Waals surface area contributed by atoms with E-state index in [1.54, 1.807) is 0 Å². The summed E-state index contributed by atoms with van der Waals surface area (Å²) in [5, 5.41) is 10.3. The molecule has 0 aromatic heterocycles. The van der Waals surface area contributed by atoms with Gasteiger partial charge in [-0.3, -0.25) is 4.39 Å². The molecule has 0 saturated heterocycles. The van der Waals surface area contributed by atoms with Crippen LogP contribution in [0.5, 0.6) is 0 Å². The van der Waals surface area contributed by atoms with E-state index in [0.717, 1.165) is 5.56 Å². The Morgan fingerprint density at radius 2 is 1.86 bits per heavy atom. The Kier molecular flexibility index (Phi) is 3.64. The summed E-state index contributed by atoms with van der Waals surface area (Å²) in [6, 6.07) is 9.30. The molecule has 0 fully saturated rings.